The molecule has 1 aliphatic rings. The van der Waals surface area contributed by atoms with Crippen molar-refractivity contribution in [3.63, 3.8) is 0 Å². The van der Waals surface area contributed by atoms with Crippen LogP contribution in [0.2, 0.25) is 0 Å². The summed E-state index contributed by atoms with van der Waals surface area (Å²) in [6.07, 6.45) is 1.80. The Morgan fingerprint density at radius 2 is 1.68 bits per heavy atom. The molecule has 0 bridgehead atoms. The van der Waals surface area contributed by atoms with Crippen LogP contribution in [0.4, 0.5) is 10.2 Å². The number of piperazine rings is 1. The Morgan fingerprint density at radius 1 is 0.960 bits per heavy atom. The Balaban J connectivity index is 1.51. The van der Waals surface area contributed by atoms with Gasteiger partial charge in [0, 0.05) is 48.6 Å². The summed E-state index contributed by atoms with van der Waals surface area (Å²) < 4.78 is 14.1. The van der Waals surface area contributed by atoms with Gasteiger partial charge >= 0.3 is 0 Å². The second-order valence-electron chi connectivity index (χ2n) is 6.48. The van der Waals surface area contributed by atoms with Gasteiger partial charge in [0.1, 0.15) is 5.82 Å². The molecule has 25 heavy (non-hydrogen) atoms. The Hall–Kier alpha value is -2.53. The van der Waals surface area contributed by atoms with Gasteiger partial charge in [-0.25, -0.2) is 4.39 Å². The van der Waals surface area contributed by atoms with Crippen molar-refractivity contribution in [2.45, 2.75) is 13.0 Å². The molecule has 4 nitrogen and oxygen atoms in total. The third kappa shape index (κ3) is 3.07. The van der Waals surface area contributed by atoms with Crippen LogP contribution in [0.3, 0.4) is 0 Å². The van der Waals surface area contributed by atoms with E-state index in [-0.39, 0.29) is 11.9 Å². The molecule has 3 aromatic rings. The van der Waals surface area contributed by atoms with Gasteiger partial charge in [-0.3, -0.25) is 4.90 Å². The van der Waals surface area contributed by atoms with E-state index in [1.807, 2.05) is 24.3 Å². The average molecular weight is 336 g/mol. The fourth-order valence-electron chi connectivity index (χ4n) is 3.58. The molecule has 0 spiro atoms. The molecule has 1 saturated heterocycles. The molecule has 1 fully saturated rings. The first-order valence-corrected chi connectivity index (χ1v) is 8.68. The van der Waals surface area contributed by atoms with Gasteiger partial charge in [0.2, 0.25) is 0 Å². The second kappa shape index (κ2) is 6.76. The normalized spacial score (nSPS) is 17.0. The molecule has 128 valence electrons. The van der Waals surface area contributed by atoms with Crippen molar-refractivity contribution in [2.75, 3.05) is 31.1 Å². The van der Waals surface area contributed by atoms with Crippen molar-refractivity contribution in [3.8, 4) is 0 Å². The van der Waals surface area contributed by atoms with E-state index in [1.165, 1.54) is 6.07 Å². The molecule has 1 aliphatic heterocycles. The molecule has 0 unspecified atom stereocenters. The van der Waals surface area contributed by atoms with Crippen molar-refractivity contribution >= 4 is 16.6 Å². The van der Waals surface area contributed by atoms with Crippen molar-refractivity contribution in [1.82, 2.24) is 15.1 Å². The smallest absolute Gasteiger partial charge is 0.159 e. The van der Waals surface area contributed by atoms with Gasteiger partial charge in [0.25, 0.3) is 0 Å². The molecule has 2 aromatic carbocycles. The zero-order valence-corrected chi connectivity index (χ0v) is 14.3. The van der Waals surface area contributed by atoms with E-state index in [2.05, 4.69) is 39.1 Å². The number of halogens is 1. The van der Waals surface area contributed by atoms with Gasteiger partial charge in [0.05, 0.1) is 6.20 Å². The molecule has 0 amide bonds. The molecule has 5 heteroatoms. The number of anilines is 1. The van der Waals surface area contributed by atoms with Gasteiger partial charge in [-0.1, -0.05) is 42.5 Å². The lowest BCUT2D eigenvalue weighted by Gasteiger charge is -2.38. The van der Waals surface area contributed by atoms with E-state index in [1.54, 1.807) is 12.3 Å². The van der Waals surface area contributed by atoms with E-state index in [9.17, 15) is 4.39 Å². The van der Waals surface area contributed by atoms with Crippen LogP contribution in [0.25, 0.3) is 10.8 Å². The first-order chi connectivity index (χ1) is 12.2. The molecule has 1 atom stereocenters. The molecule has 0 N–H and O–H groups in total. The van der Waals surface area contributed by atoms with Crippen LogP contribution >= 0.6 is 0 Å². The van der Waals surface area contributed by atoms with Crippen LogP contribution in [-0.2, 0) is 0 Å². The average Bonchev–Trinajstić information content (AvgIpc) is 2.67. The Labute approximate surface area is 146 Å². The SMILES string of the molecule is C[C@@H](c1ccccc1F)N1CCN(c2nncc3ccccc23)CC1. The van der Waals surface area contributed by atoms with E-state index in [0.717, 1.165) is 48.3 Å². The summed E-state index contributed by atoms with van der Waals surface area (Å²) >= 11 is 0. The number of benzene rings is 2. The van der Waals surface area contributed by atoms with Gasteiger partial charge < -0.3 is 4.90 Å². The molecular weight excluding hydrogens is 315 g/mol. The highest BCUT2D eigenvalue weighted by Gasteiger charge is 2.25. The maximum Gasteiger partial charge on any atom is 0.159 e. The van der Waals surface area contributed by atoms with Gasteiger partial charge in [0.15, 0.2) is 5.82 Å². The third-order valence-corrected chi connectivity index (χ3v) is 5.07. The summed E-state index contributed by atoms with van der Waals surface area (Å²) in [5.41, 5.74) is 0.765. The van der Waals surface area contributed by atoms with Gasteiger partial charge in [-0.05, 0) is 13.0 Å². The number of hydrogen-bond acceptors (Lipinski definition) is 4. The van der Waals surface area contributed by atoms with Crippen molar-refractivity contribution < 1.29 is 4.39 Å². The highest BCUT2D eigenvalue weighted by molar-refractivity contribution is 5.91. The molecule has 4 rings (SSSR count). The number of fused-ring (bicyclic) bond motifs is 1. The van der Waals surface area contributed by atoms with Crippen LogP contribution in [0.5, 0.6) is 0 Å². The van der Waals surface area contributed by atoms with Crippen LogP contribution in [0.1, 0.15) is 18.5 Å². The highest BCUT2D eigenvalue weighted by atomic mass is 19.1. The largest absolute Gasteiger partial charge is 0.352 e. The molecule has 0 saturated carbocycles. The summed E-state index contributed by atoms with van der Waals surface area (Å²) in [5.74, 6) is 0.814. The predicted octanol–water partition coefficient (Wildman–Crippen LogP) is 3.65. The highest BCUT2D eigenvalue weighted by Crippen LogP contribution is 2.27. The Bertz CT molecular complexity index is 869. The van der Waals surface area contributed by atoms with E-state index in [0.29, 0.717) is 0 Å². The standard InChI is InChI=1S/C20H21FN4/c1-15(17-7-4-5-9-19(17)21)24-10-12-25(13-11-24)20-18-8-3-2-6-16(18)14-22-23-20/h2-9,14-15H,10-13H2,1H3/t15-/m0/s1. The van der Waals surface area contributed by atoms with Crippen molar-refractivity contribution in [2.24, 2.45) is 0 Å². The Morgan fingerprint density at radius 3 is 2.48 bits per heavy atom. The summed E-state index contributed by atoms with van der Waals surface area (Å²) in [5, 5.41) is 10.8. The van der Waals surface area contributed by atoms with E-state index in [4.69, 9.17) is 0 Å². The van der Waals surface area contributed by atoms with E-state index >= 15 is 0 Å². The molecular formula is C20H21FN4. The number of aromatic nitrogens is 2. The lowest BCUT2D eigenvalue weighted by molar-refractivity contribution is 0.195. The molecule has 0 radical (unpaired) electrons. The number of nitrogens with zero attached hydrogens (tertiary/aromatic N) is 4. The summed E-state index contributed by atoms with van der Waals surface area (Å²) in [4.78, 5) is 4.60. The molecule has 2 heterocycles. The second-order valence-corrected chi connectivity index (χ2v) is 6.48. The monoisotopic (exact) mass is 336 g/mol. The fourth-order valence-corrected chi connectivity index (χ4v) is 3.58. The van der Waals surface area contributed by atoms with Gasteiger partial charge in [-0.15, -0.1) is 5.10 Å². The van der Waals surface area contributed by atoms with Crippen LogP contribution in [0.15, 0.2) is 54.7 Å². The zero-order valence-electron chi connectivity index (χ0n) is 14.3. The van der Waals surface area contributed by atoms with Gasteiger partial charge in [-0.2, -0.15) is 5.10 Å². The first kappa shape index (κ1) is 16.0. The topological polar surface area (TPSA) is 32.3 Å². The minimum absolute atomic E-state index is 0.0713. The minimum atomic E-state index is -0.127. The van der Waals surface area contributed by atoms with E-state index < -0.39 is 0 Å². The number of hydrogen-bond donors (Lipinski definition) is 0. The Kier molecular flexibility index (Phi) is 4.32. The molecule has 0 aliphatic carbocycles. The zero-order chi connectivity index (χ0) is 17.2. The quantitative estimate of drug-likeness (QED) is 0.731. The first-order valence-electron chi connectivity index (χ1n) is 8.68. The van der Waals surface area contributed by atoms with Crippen molar-refractivity contribution in [1.29, 1.82) is 0 Å². The molecule has 1 aromatic heterocycles. The fraction of sp³-hybridized carbons (Fsp3) is 0.300. The maximum absolute atomic E-state index is 14.1. The van der Waals surface area contributed by atoms with Crippen LogP contribution < -0.4 is 4.90 Å². The van der Waals surface area contributed by atoms with Crippen LogP contribution in [0, 0.1) is 5.82 Å². The van der Waals surface area contributed by atoms with Crippen molar-refractivity contribution in [3.05, 3.63) is 66.1 Å². The third-order valence-electron chi connectivity index (χ3n) is 5.07. The lowest BCUT2D eigenvalue weighted by Crippen LogP contribution is -2.47. The number of rotatable bonds is 3. The summed E-state index contributed by atoms with van der Waals surface area (Å²) in [6, 6.07) is 15.3. The minimum Gasteiger partial charge on any atom is -0.352 e. The van der Waals surface area contributed by atoms with Crippen LogP contribution in [-0.4, -0.2) is 41.3 Å². The summed E-state index contributed by atoms with van der Waals surface area (Å²) in [7, 11) is 0. The lowest BCUT2D eigenvalue weighted by atomic mass is 10.1. The summed E-state index contributed by atoms with van der Waals surface area (Å²) in [6.45, 7) is 5.55. The predicted molar refractivity (Wildman–Crippen MR) is 98.1 cm³/mol. The maximum atomic E-state index is 14.1.